The van der Waals surface area contributed by atoms with Crippen molar-refractivity contribution in [2.24, 2.45) is 0 Å². The van der Waals surface area contributed by atoms with Crippen molar-refractivity contribution in [1.82, 2.24) is 0 Å². The van der Waals surface area contributed by atoms with Gasteiger partial charge in [0.2, 0.25) is 0 Å². The van der Waals surface area contributed by atoms with E-state index in [-0.39, 0.29) is 12.1 Å². The van der Waals surface area contributed by atoms with Crippen molar-refractivity contribution in [1.29, 1.82) is 5.26 Å². The maximum Gasteiger partial charge on any atom is 0.102 e. The zero-order valence-corrected chi connectivity index (χ0v) is 10.1. The van der Waals surface area contributed by atoms with Crippen LogP contribution in [-0.2, 0) is 0 Å². The number of aliphatic hydroxyl groups excluding tert-OH is 1. The van der Waals surface area contributed by atoms with Crippen LogP contribution in [0.4, 0.5) is 5.69 Å². The Kier molecular flexibility index (Phi) is 3.65. The molecule has 1 saturated carbocycles. The van der Waals surface area contributed by atoms with Gasteiger partial charge in [-0.3, -0.25) is 0 Å². The fourth-order valence-electron chi connectivity index (χ4n) is 2.42. The van der Waals surface area contributed by atoms with E-state index in [0.717, 1.165) is 36.9 Å². The van der Waals surface area contributed by atoms with Gasteiger partial charge in [-0.05, 0) is 31.4 Å². The van der Waals surface area contributed by atoms with E-state index in [0.29, 0.717) is 5.56 Å². The number of aryl methyl sites for hydroxylation is 1. The number of nitriles is 1. The summed E-state index contributed by atoms with van der Waals surface area (Å²) in [6, 6.07) is 8.08. The van der Waals surface area contributed by atoms with Gasteiger partial charge in [-0.2, -0.15) is 5.26 Å². The molecule has 17 heavy (non-hydrogen) atoms. The molecule has 0 unspecified atom stereocenters. The van der Waals surface area contributed by atoms with Gasteiger partial charge in [-0.15, -0.1) is 0 Å². The molecule has 0 saturated heterocycles. The van der Waals surface area contributed by atoms with Gasteiger partial charge in [-0.1, -0.05) is 25.0 Å². The molecule has 0 heterocycles. The third kappa shape index (κ3) is 2.59. The molecule has 2 N–H and O–H groups in total. The summed E-state index contributed by atoms with van der Waals surface area (Å²) in [5.41, 5.74) is 2.51. The standard InChI is InChI=1S/C14H18N2O/c1-10-5-4-7-12(11(10)9-15)16-13-6-2-3-8-14(13)17/h4-5,7,13-14,16-17H,2-3,6,8H2,1H3/t13-,14-/m0/s1. The number of aliphatic hydroxyl groups is 1. The number of hydrogen-bond donors (Lipinski definition) is 2. The Labute approximate surface area is 102 Å². The first-order valence-electron chi connectivity index (χ1n) is 6.16. The molecule has 3 nitrogen and oxygen atoms in total. The lowest BCUT2D eigenvalue weighted by Crippen LogP contribution is -2.36. The van der Waals surface area contributed by atoms with Crippen LogP contribution in [0.1, 0.15) is 36.8 Å². The van der Waals surface area contributed by atoms with E-state index >= 15 is 0 Å². The van der Waals surface area contributed by atoms with Crippen molar-refractivity contribution in [3.05, 3.63) is 29.3 Å². The highest BCUT2D eigenvalue weighted by Gasteiger charge is 2.23. The van der Waals surface area contributed by atoms with Crippen LogP contribution in [-0.4, -0.2) is 17.3 Å². The van der Waals surface area contributed by atoms with E-state index < -0.39 is 0 Å². The molecule has 1 aromatic rings. The van der Waals surface area contributed by atoms with E-state index in [1.807, 2.05) is 25.1 Å². The lowest BCUT2D eigenvalue weighted by atomic mass is 9.92. The fraction of sp³-hybridized carbons (Fsp3) is 0.500. The Morgan fingerprint density at radius 2 is 2.12 bits per heavy atom. The molecule has 90 valence electrons. The highest BCUT2D eigenvalue weighted by atomic mass is 16.3. The molecule has 3 heteroatoms. The zero-order valence-electron chi connectivity index (χ0n) is 10.1. The maximum atomic E-state index is 9.92. The highest BCUT2D eigenvalue weighted by Crippen LogP contribution is 2.25. The molecule has 2 rings (SSSR count). The molecule has 1 aliphatic carbocycles. The summed E-state index contributed by atoms with van der Waals surface area (Å²) in [6.45, 7) is 1.93. The van der Waals surface area contributed by atoms with Crippen LogP contribution in [0.3, 0.4) is 0 Å². The SMILES string of the molecule is Cc1cccc(N[C@H]2CCCC[C@@H]2O)c1C#N. The molecule has 0 aromatic heterocycles. The molecule has 0 amide bonds. The van der Waals surface area contributed by atoms with Crippen LogP contribution in [0.5, 0.6) is 0 Å². The maximum absolute atomic E-state index is 9.92. The van der Waals surface area contributed by atoms with Crippen LogP contribution in [0.25, 0.3) is 0 Å². The second-order valence-corrected chi connectivity index (χ2v) is 4.71. The third-order valence-electron chi connectivity index (χ3n) is 3.45. The second kappa shape index (κ2) is 5.20. The first-order valence-corrected chi connectivity index (χ1v) is 6.16. The Morgan fingerprint density at radius 3 is 2.82 bits per heavy atom. The minimum Gasteiger partial charge on any atom is -0.391 e. The Balaban J connectivity index is 2.18. The monoisotopic (exact) mass is 230 g/mol. The van der Waals surface area contributed by atoms with Crippen molar-refractivity contribution in [2.75, 3.05) is 5.32 Å². The van der Waals surface area contributed by atoms with E-state index in [1.54, 1.807) is 0 Å². The molecule has 0 spiro atoms. The molecule has 2 atom stereocenters. The van der Waals surface area contributed by atoms with E-state index in [9.17, 15) is 5.11 Å². The van der Waals surface area contributed by atoms with Gasteiger partial charge < -0.3 is 10.4 Å². The summed E-state index contributed by atoms with van der Waals surface area (Å²) >= 11 is 0. The van der Waals surface area contributed by atoms with E-state index in [4.69, 9.17) is 5.26 Å². The molecule has 0 radical (unpaired) electrons. The Morgan fingerprint density at radius 1 is 1.35 bits per heavy atom. The first-order chi connectivity index (χ1) is 8.22. The third-order valence-corrected chi connectivity index (χ3v) is 3.45. The van der Waals surface area contributed by atoms with Crippen molar-refractivity contribution in [3.63, 3.8) is 0 Å². The first kappa shape index (κ1) is 11.9. The zero-order chi connectivity index (χ0) is 12.3. The quantitative estimate of drug-likeness (QED) is 0.821. The minimum atomic E-state index is -0.296. The van der Waals surface area contributed by atoms with Crippen molar-refractivity contribution < 1.29 is 5.11 Å². The number of nitrogens with zero attached hydrogens (tertiary/aromatic N) is 1. The summed E-state index contributed by atoms with van der Waals surface area (Å²) in [7, 11) is 0. The summed E-state index contributed by atoms with van der Waals surface area (Å²) in [6.07, 6.45) is 3.77. The fourth-order valence-corrected chi connectivity index (χ4v) is 2.42. The molecule has 0 aliphatic heterocycles. The Hall–Kier alpha value is -1.53. The molecule has 0 bridgehead atoms. The van der Waals surface area contributed by atoms with Crippen molar-refractivity contribution in [2.45, 2.75) is 44.8 Å². The molecule has 1 aliphatic rings. The number of hydrogen-bond acceptors (Lipinski definition) is 3. The summed E-state index contributed by atoms with van der Waals surface area (Å²) in [4.78, 5) is 0. The summed E-state index contributed by atoms with van der Waals surface area (Å²) in [5, 5.41) is 22.4. The van der Waals surface area contributed by atoms with Crippen LogP contribution in [0.15, 0.2) is 18.2 Å². The predicted octanol–water partition coefficient (Wildman–Crippen LogP) is 2.58. The highest BCUT2D eigenvalue weighted by molar-refractivity contribution is 5.61. The van der Waals surface area contributed by atoms with Gasteiger partial charge in [0.15, 0.2) is 0 Å². The van der Waals surface area contributed by atoms with Crippen molar-refractivity contribution >= 4 is 5.69 Å². The van der Waals surface area contributed by atoms with Crippen LogP contribution >= 0.6 is 0 Å². The molecule has 1 fully saturated rings. The average Bonchev–Trinajstić information content (AvgIpc) is 2.32. The lowest BCUT2D eigenvalue weighted by Gasteiger charge is -2.29. The minimum absolute atomic E-state index is 0.0812. The largest absolute Gasteiger partial charge is 0.391 e. The Bertz CT molecular complexity index is 436. The van der Waals surface area contributed by atoms with Crippen molar-refractivity contribution in [3.8, 4) is 6.07 Å². The van der Waals surface area contributed by atoms with Crippen LogP contribution in [0.2, 0.25) is 0 Å². The number of benzene rings is 1. The van der Waals surface area contributed by atoms with E-state index in [2.05, 4.69) is 11.4 Å². The van der Waals surface area contributed by atoms with Gasteiger partial charge >= 0.3 is 0 Å². The molecular weight excluding hydrogens is 212 g/mol. The van der Waals surface area contributed by atoms with Gasteiger partial charge in [0, 0.05) is 0 Å². The average molecular weight is 230 g/mol. The molecule has 1 aromatic carbocycles. The van der Waals surface area contributed by atoms with E-state index in [1.165, 1.54) is 0 Å². The smallest absolute Gasteiger partial charge is 0.102 e. The van der Waals surface area contributed by atoms with Crippen LogP contribution < -0.4 is 5.32 Å². The van der Waals surface area contributed by atoms with Gasteiger partial charge in [0.1, 0.15) is 6.07 Å². The summed E-state index contributed by atoms with van der Waals surface area (Å²) in [5.74, 6) is 0. The predicted molar refractivity (Wildman–Crippen MR) is 67.8 cm³/mol. The molecular formula is C14H18N2O. The number of rotatable bonds is 2. The van der Waals surface area contributed by atoms with Crippen LogP contribution in [0, 0.1) is 18.3 Å². The summed E-state index contributed by atoms with van der Waals surface area (Å²) < 4.78 is 0. The van der Waals surface area contributed by atoms with Gasteiger partial charge in [0.25, 0.3) is 0 Å². The number of nitrogens with one attached hydrogen (secondary N) is 1. The van der Waals surface area contributed by atoms with Gasteiger partial charge in [0.05, 0.1) is 23.4 Å². The number of anilines is 1. The second-order valence-electron chi connectivity index (χ2n) is 4.71. The topological polar surface area (TPSA) is 56.0 Å². The normalized spacial score (nSPS) is 24.1. The lowest BCUT2D eigenvalue weighted by molar-refractivity contribution is 0.116. The van der Waals surface area contributed by atoms with Gasteiger partial charge in [-0.25, -0.2) is 0 Å².